The molecule has 2 fully saturated rings. The van der Waals surface area contributed by atoms with Gasteiger partial charge < -0.3 is 9.84 Å². The molecule has 7 nitrogen and oxygen atoms in total. The zero-order valence-electron chi connectivity index (χ0n) is 16.7. The van der Waals surface area contributed by atoms with Crippen molar-refractivity contribution in [1.29, 1.82) is 0 Å². The third-order valence-electron chi connectivity index (χ3n) is 5.67. The van der Waals surface area contributed by atoms with Crippen molar-refractivity contribution in [2.24, 2.45) is 5.92 Å². The van der Waals surface area contributed by atoms with Gasteiger partial charge in [-0.1, -0.05) is 36.4 Å². The van der Waals surface area contributed by atoms with E-state index in [9.17, 15) is 14.7 Å². The largest absolute Gasteiger partial charge is 0.508 e. The molecule has 3 aromatic carbocycles. The summed E-state index contributed by atoms with van der Waals surface area (Å²) in [6.07, 6.45) is -0.947. The number of methoxy groups -OCH3 is 1. The number of hydrogen-bond donors (Lipinski definition) is 1. The number of para-hydroxylation sites is 1. The number of amides is 2. The molecule has 0 aromatic heterocycles. The van der Waals surface area contributed by atoms with E-state index in [4.69, 9.17) is 9.57 Å². The number of nitrogens with zero attached hydrogens (tertiary/aromatic N) is 2. The van der Waals surface area contributed by atoms with Crippen molar-refractivity contribution >= 4 is 23.2 Å². The minimum atomic E-state index is -0.947. The predicted octanol–water partition coefficient (Wildman–Crippen LogP) is 3.45. The van der Waals surface area contributed by atoms with Gasteiger partial charge in [0.15, 0.2) is 6.10 Å². The van der Waals surface area contributed by atoms with Gasteiger partial charge in [0.1, 0.15) is 17.4 Å². The number of carbonyl (C=O) groups is 2. The summed E-state index contributed by atoms with van der Waals surface area (Å²) >= 11 is 0. The highest BCUT2D eigenvalue weighted by Gasteiger charge is 2.60. The molecule has 2 aliphatic rings. The second-order valence-corrected chi connectivity index (χ2v) is 7.46. The second kappa shape index (κ2) is 7.45. The van der Waals surface area contributed by atoms with Crippen molar-refractivity contribution in [2.75, 3.05) is 17.1 Å². The van der Waals surface area contributed by atoms with Crippen LogP contribution >= 0.6 is 0 Å². The van der Waals surface area contributed by atoms with Gasteiger partial charge in [0.25, 0.3) is 5.91 Å². The van der Waals surface area contributed by atoms with Gasteiger partial charge in [0.2, 0.25) is 5.91 Å². The average molecular weight is 416 g/mol. The van der Waals surface area contributed by atoms with Crippen LogP contribution in [0, 0.1) is 5.92 Å². The molecule has 5 rings (SSSR count). The zero-order valence-corrected chi connectivity index (χ0v) is 16.7. The minimum Gasteiger partial charge on any atom is -0.508 e. The lowest BCUT2D eigenvalue weighted by Gasteiger charge is -2.28. The minimum absolute atomic E-state index is 0.123. The summed E-state index contributed by atoms with van der Waals surface area (Å²) in [7, 11) is 1.53. The van der Waals surface area contributed by atoms with Crippen LogP contribution in [0.2, 0.25) is 0 Å². The third-order valence-corrected chi connectivity index (χ3v) is 5.67. The molecule has 0 radical (unpaired) electrons. The number of carbonyl (C=O) groups excluding carboxylic acids is 2. The van der Waals surface area contributed by atoms with E-state index in [1.54, 1.807) is 53.6 Å². The maximum absolute atomic E-state index is 13.5. The number of aromatic hydroxyl groups is 1. The Morgan fingerprint density at radius 2 is 1.58 bits per heavy atom. The lowest BCUT2D eigenvalue weighted by Crippen LogP contribution is -2.37. The van der Waals surface area contributed by atoms with Crippen LogP contribution in [-0.4, -0.2) is 30.1 Å². The number of benzene rings is 3. The monoisotopic (exact) mass is 416 g/mol. The van der Waals surface area contributed by atoms with E-state index in [0.29, 0.717) is 11.4 Å². The second-order valence-electron chi connectivity index (χ2n) is 7.46. The topological polar surface area (TPSA) is 79.3 Å². The zero-order chi connectivity index (χ0) is 21.5. The Morgan fingerprint density at radius 1 is 0.871 bits per heavy atom. The molecular weight excluding hydrogens is 396 g/mol. The summed E-state index contributed by atoms with van der Waals surface area (Å²) < 4.78 is 5.24. The van der Waals surface area contributed by atoms with Gasteiger partial charge >= 0.3 is 0 Å². The van der Waals surface area contributed by atoms with Gasteiger partial charge in [-0.15, -0.1) is 0 Å². The number of fused-ring (bicyclic) bond motifs is 1. The first kappa shape index (κ1) is 19.1. The van der Waals surface area contributed by atoms with Crippen molar-refractivity contribution < 1.29 is 24.3 Å². The molecular formula is C24H20N2O5. The normalized spacial score (nSPS) is 22.7. The molecule has 31 heavy (non-hydrogen) atoms. The van der Waals surface area contributed by atoms with E-state index in [2.05, 4.69) is 0 Å². The van der Waals surface area contributed by atoms with Crippen LogP contribution < -0.4 is 14.7 Å². The summed E-state index contributed by atoms with van der Waals surface area (Å²) in [5, 5.41) is 11.3. The summed E-state index contributed by atoms with van der Waals surface area (Å²) in [5.74, 6) is -0.803. The molecule has 1 N–H and O–H groups in total. The fourth-order valence-electron chi connectivity index (χ4n) is 4.23. The quantitative estimate of drug-likeness (QED) is 0.657. The van der Waals surface area contributed by atoms with Gasteiger partial charge in [-0.05, 0) is 42.0 Å². The highest BCUT2D eigenvalue weighted by molar-refractivity contribution is 6.24. The van der Waals surface area contributed by atoms with Gasteiger partial charge in [0.05, 0.1) is 24.5 Å². The van der Waals surface area contributed by atoms with Crippen molar-refractivity contribution in [2.45, 2.75) is 12.1 Å². The molecule has 156 valence electrons. The van der Waals surface area contributed by atoms with Crippen molar-refractivity contribution in [3.8, 4) is 11.5 Å². The maximum atomic E-state index is 13.5. The predicted molar refractivity (Wildman–Crippen MR) is 114 cm³/mol. The van der Waals surface area contributed by atoms with E-state index in [-0.39, 0.29) is 11.7 Å². The molecule has 7 heteroatoms. The highest BCUT2D eigenvalue weighted by atomic mass is 16.7. The van der Waals surface area contributed by atoms with Crippen LogP contribution in [0.3, 0.4) is 0 Å². The van der Waals surface area contributed by atoms with Crippen LogP contribution in [0.1, 0.15) is 11.6 Å². The number of imide groups is 1. The van der Waals surface area contributed by atoms with Crippen LogP contribution in [-0.2, 0) is 14.4 Å². The molecule has 3 atom stereocenters. The van der Waals surface area contributed by atoms with Gasteiger partial charge in [-0.25, -0.2) is 9.96 Å². The van der Waals surface area contributed by atoms with Crippen LogP contribution in [0.25, 0.3) is 0 Å². The Hall–Kier alpha value is -3.84. The summed E-state index contributed by atoms with van der Waals surface area (Å²) in [4.78, 5) is 34.1. The molecule has 0 unspecified atom stereocenters. The SMILES string of the molecule is COc1cccc(N2C(=O)[C@@H]3[C@@H](c4ccc(O)cc4)N(c4ccccc4)O[C@H]3C2=O)c1. The van der Waals surface area contributed by atoms with Crippen LogP contribution in [0.15, 0.2) is 78.9 Å². The Balaban J connectivity index is 1.57. The fraction of sp³-hybridized carbons (Fsp3) is 0.167. The molecule has 2 saturated heterocycles. The van der Waals surface area contributed by atoms with E-state index >= 15 is 0 Å². The van der Waals surface area contributed by atoms with E-state index in [1.165, 1.54) is 12.0 Å². The van der Waals surface area contributed by atoms with Gasteiger partial charge in [-0.2, -0.15) is 0 Å². The maximum Gasteiger partial charge on any atom is 0.266 e. The lowest BCUT2D eigenvalue weighted by molar-refractivity contribution is -0.126. The van der Waals surface area contributed by atoms with Gasteiger partial charge in [-0.3, -0.25) is 14.4 Å². The van der Waals surface area contributed by atoms with Crippen molar-refractivity contribution in [1.82, 2.24) is 0 Å². The van der Waals surface area contributed by atoms with Crippen molar-refractivity contribution in [3.05, 3.63) is 84.4 Å². The Bertz CT molecular complexity index is 1130. The number of hydroxylamine groups is 1. The first-order valence-corrected chi connectivity index (χ1v) is 9.90. The van der Waals surface area contributed by atoms with Crippen LogP contribution in [0.5, 0.6) is 11.5 Å². The molecule has 2 amide bonds. The Kier molecular flexibility index (Phi) is 4.60. The summed E-state index contributed by atoms with van der Waals surface area (Å²) in [6, 6.07) is 22.3. The molecule has 0 bridgehead atoms. The first-order chi connectivity index (χ1) is 15.1. The molecule has 0 saturated carbocycles. The molecule has 2 heterocycles. The number of hydrogen-bond acceptors (Lipinski definition) is 6. The molecule has 3 aromatic rings. The first-order valence-electron chi connectivity index (χ1n) is 9.90. The standard InChI is InChI=1S/C24H20N2O5/c1-30-19-9-5-8-17(14-19)25-23(28)20-21(15-10-12-18(27)13-11-15)26(31-22(20)24(25)29)16-6-3-2-4-7-16/h2-14,20-22,27H,1H3/t20-,21-,22-/m1/s1. The lowest BCUT2D eigenvalue weighted by atomic mass is 9.90. The van der Waals surface area contributed by atoms with Crippen molar-refractivity contribution in [3.63, 3.8) is 0 Å². The smallest absolute Gasteiger partial charge is 0.266 e. The number of phenolic OH excluding ortho intramolecular Hbond substituents is 1. The molecule has 2 aliphatic heterocycles. The molecule has 0 spiro atoms. The van der Waals surface area contributed by atoms with Crippen LogP contribution in [0.4, 0.5) is 11.4 Å². The number of ether oxygens (including phenoxy) is 1. The number of rotatable bonds is 4. The summed E-state index contributed by atoms with van der Waals surface area (Å²) in [6.45, 7) is 0. The Labute approximate surface area is 179 Å². The van der Waals surface area contributed by atoms with E-state index in [1.807, 2.05) is 30.3 Å². The fourth-order valence-corrected chi connectivity index (χ4v) is 4.23. The Morgan fingerprint density at radius 3 is 2.29 bits per heavy atom. The highest BCUT2D eigenvalue weighted by Crippen LogP contribution is 2.47. The van der Waals surface area contributed by atoms with Gasteiger partial charge in [0, 0.05) is 6.07 Å². The average Bonchev–Trinajstić information content (AvgIpc) is 3.31. The van der Waals surface area contributed by atoms with E-state index in [0.717, 1.165) is 11.3 Å². The molecule has 0 aliphatic carbocycles. The third kappa shape index (κ3) is 3.10. The van der Waals surface area contributed by atoms with E-state index < -0.39 is 24.0 Å². The number of phenols is 1. The number of anilines is 2. The summed E-state index contributed by atoms with van der Waals surface area (Å²) in [5.41, 5.74) is 1.95.